The van der Waals surface area contributed by atoms with Crippen LogP contribution in [-0.4, -0.2) is 23.3 Å². The van der Waals surface area contributed by atoms with E-state index in [2.05, 4.69) is 12.2 Å². The second kappa shape index (κ2) is 8.62. The van der Waals surface area contributed by atoms with E-state index in [1.54, 1.807) is 6.92 Å². The summed E-state index contributed by atoms with van der Waals surface area (Å²) in [6.45, 7) is 4.38. The smallest absolute Gasteiger partial charge is 0.269 e. The van der Waals surface area contributed by atoms with Crippen molar-refractivity contribution in [3.63, 3.8) is 0 Å². The Bertz CT molecular complexity index is 500. The van der Waals surface area contributed by atoms with Crippen molar-refractivity contribution in [3.05, 3.63) is 39.4 Å². The number of amides is 1. The second-order valence-corrected chi connectivity index (χ2v) is 5.48. The molecule has 1 N–H and O–H groups in total. The largest absolute Gasteiger partial charge is 0.352 e. The highest BCUT2D eigenvalue weighted by molar-refractivity contribution is 6.17. The number of nitrogens with one attached hydrogen (secondary N) is 1. The summed E-state index contributed by atoms with van der Waals surface area (Å²) >= 11 is 5.76. The van der Waals surface area contributed by atoms with E-state index in [-0.39, 0.29) is 11.6 Å². The number of aryl methyl sites for hydroxylation is 1. The highest BCUT2D eigenvalue weighted by atomic mass is 35.5. The van der Waals surface area contributed by atoms with Gasteiger partial charge in [0.25, 0.3) is 11.6 Å². The minimum Gasteiger partial charge on any atom is -0.352 e. The topological polar surface area (TPSA) is 72.2 Å². The summed E-state index contributed by atoms with van der Waals surface area (Å²) in [7, 11) is 0. The number of carbonyl (C=O) groups excluding carboxylic acids is 1. The van der Waals surface area contributed by atoms with Gasteiger partial charge in [0.2, 0.25) is 0 Å². The number of halogens is 1. The summed E-state index contributed by atoms with van der Waals surface area (Å²) in [4.78, 5) is 22.4. The molecule has 5 nitrogen and oxygen atoms in total. The van der Waals surface area contributed by atoms with Crippen LogP contribution in [0.4, 0.5) is 5.69 Å². The molecule has 0 bridgehead atoms. The molecule has 0 heterocycles. The Morgan fingerprint density at radius 2 is 2.14 bits per heavy atom. The Morgan fingerprint density at radius 1 is 1.43 bits per heavy atom. The van der Waals surface area contributed by atoms with Gasteiger partial charge in [0.05, 0.1) is 4.92 Å². The number of alkyl halides is 1. The van der Waals surface area contributed by atoms with E-state index in [9.17, 15) is 14.9 Å². The summed E-state index contributed by atoms with van der Waals surface area (Å²) in [5, 5.41) is 13.6. The number of nitro groups is 1. The van der Waals surface area contributed by atoms with Crippen LogP contribution in [0.5, 0.6) is 0 Å². The van der Waals surface area contributed by atoms with Crippen LogP contribution in [-0.2, 0) is 0 Å². The van der Waals surface area contributed by atoms with E-state index in [0.717, 1.165) is 19.3 Å². The van der Waals surface area contributed by atoms with Crippen LogP contribution in [0.2, 0.25) is 0 Å². The number of carbonyl (C=O) groups is 1. The number of hydrogen-bond donors (Lipinski definition) is 1. The van der Waals surface area contributed by atoms with Crippen LogP contribution in [0.3, 0.4) is 0 Å². The molecule has 0 spiro atoms. The lowest BCUT2D eigenvalue weighted by Gasteiger charge is -2.16. The van der Waals surface area contributed by atoms with Crippen molar-refractivity contribution in [2.24, 2.45) is 5.92 Å². The zero-order chi connectivity index (χ0) is 15.8. The van der Waals surface area contributed by atoms with Crippen LogP contribution in [0, 0.1) is 23.0 Å². The minimum absolute atomic E-state index is 0.00458. The summed E-state index contributed by atoms with van der Waals surface area (Å²) in [6.07, 6.45) is 2.94. The molecule has 0 aliphatic carbocycles. The quantitative estimate of drug-likeness (QED) is 0.452. The molecule has 1 aromatic rings. The molecule has 0 saturated carbocycles. The molecular weight excluding hydrogens is 292 g/mol. The first-order valence-electron chi connectivity index (χ1n) is 7.08. The molecular formula is C15H21ClN2O3. The molecule has 116 valence electrons. The maximum Gasteiger partial charge on any atom is 0.269 e. The fourth-order valence-corrected chi connectivity index (χ4v) is 2.57. The molecule has 0 radical (unpaired) electrons. The van der Waals surface area contributed by atoms with Gasteiger partial charge in [-0.05, 0) is 37.3 Å². The molecule has 0 aliphatic rings. The first kappa shape index (κ1) is 17.4. The molecule has 1 amide bonds. The van der Waals surface area contributed by atoms with E-state index in [1.807, 2.05) is 0 Å². The molecule has 1 rings (SSSR count). The Hall–Kier alpha value is -1.62. The predicted molar refractivity (Wildman–Crippen MR) is 83.9 cm³/mol. The third-order valence-corrected chi connectivity index (χ3v) is 3.65. The maximum atomic E-state index is 12.1. The van der Waals surface area contributed by atoms with Crippen LogP contribution in [0.1, 0.15) is 42.1 Å². The fraction of sp³-hybridized carbons (Fsp3) is 0.533. The summed E-state index contributed by atoms with van der Waals surface area (Å²) in [6, 6.07) is 4.26. The van der Waals surface area contributed by atoms with Crippen molar-refractivity contribution >= 4 is 23.2 Å². The molecule has 1 atom stereocenters. The lowest BCUT2D eigenvalue weighted by atomic mass is 10.0. The van der Waals surface area contributed by atoms with E-state index < -0.39 is 4.92 Å². The Morgan fingerprint density at radius 3 is 2.67 bits per heavy atom. The van der Waals surface area contributed by atoms with Gasteiger partial charge >= 0.3 is 0 Å². The molecule has 0 aromatic heterocycles. The standard InChI is InChI=1S/C15H21ClN2O3/c1-3-4-12(7-8-16)10-17-15(19)14-6-5-13(18(20)21)9-11(14)2/h5-6,9,12H,3-4,7-8,10H2,1-2H3,(H,17,19). The normalized spacial score (nSPS) is 12.0. The molecule has 0 aliphatic heterocycles. The number of rotatable bonds is 8. The van der Waals surface area contributed by atoms with Gasteiger partial charge in [-0.3, -0.25) is 14.9 Å². The van der Waals surface area contributed by atoms with Crippen LogP contribution in [0.25, 0.3) is 0 Å². The maximum absolute atomic E-state index is 12.1. The van der Waals surface area contributed by atoms with Gasteiger partial charge in [0.1, 0.15) is 0 Å². The van der Waals surface area contributed by atoms with Crippen LogP contribution >= 0.6 is 11.6 Å². The minimum atomic E-state index is -0.466. The van der Waals surface area contributed by atoms with E-state index >= 15 is 0 Å². The fourth-order valence-electron chi connectivity index (χ4n) is 2.26. The van der Waals surface area contributed by atoms with E-state index in [0.29, 0.717) is 29.5 Å². The van der Waals surface area contributed by atoms with Gasteiger partial charge in [-0.25, -0.2) is 0 Å². The van der Waals surface area contributed by atoms with Crippen molar-refractivity contribution in [2.75, 3.05) is 12.4 Å². The van der Waals surface area contributed by atoms with Crippen LogP contribution in [0.15, 0.2) is 18.2 Å². The van der Waals surface area contributed by atoms with Crippen LogP contribution < -0.4 is 5.32 Å². The predicted octanol–water partition coefficient (Wildman–Crippen LogP) is 3.68. The lowest BCUT2D eigenvalue weighted by Crippen LogP contribution is -2.30. The van der Waals surface area contributed by atoms with E-state index in [4.69, 9.17) is 11.6 Å². The third kappa shape index (κ3) is 5.34. The SMILES string of the molecule is CCCC(CCCl)CNC(=O)c1ccc([N+](=O)[O-])cc1C. The first-order valence-corrected chi connectivity index (χ1v) is 7.62. The van der Waals surface area contributed by atoms with Gasteiger partial charge in [-0.2, -0.15) is 0 Å². The number of benzene rings is 1. The third-order valence-electron chi connectivity index (χ3n) is 3.43. The Kier molecular flexibility index (Phi) is 7.15. The van der Waals surface area contributed by atoms with Gasteiger partial charge < -0.3 is 5.32 Å². The van der Waals surface area contributed by atoms with E-state index in [1.165, 1.54) is 18.2 Å². The average molecular weight is 313 g/mol. The van der Waals surface area contributed by atoms with Crippen molar-refractivity contribution in [1.82, 2.24) is 5.32 Å². The zero-order valence-electron chi connectivity index (χ0n) is 12.4. The Labute approximate surface area is 129 Å². The molecule has 1 unspecified atom stereocenters. The monoisotopic (exact) mass is 312 g/mol. The number of hydrogen-bond acceptors (Lipinski definition) is 3. The Balaban J connectivity index is 2.69. The molecule has 6 heteroatoms. The lowest BCUT2D eigenvalue weighted by molar-refractivity contribution is -0.384. The summed E-state index contributed by atoms with van der Waals surface area (Å²) in [5.41, 5.74) is 1.07. The highest BCUT2D eigenvalue weighted by Gasteiger charge is 2.15. The highest BCUT2D eigenvalue weighted by Crippen LogP contribution is 2.17. The number of nitro benzene ring substituents is 1. The second-order valence-electron chi connectivity index (χ2n) is 5.10. The molecule has 0 saturated heterocycles. The van der Waals surface area contributed by atoms with Gasteiger partial charge in [-0.1, -0.05) is 13.3 Å². The van der Waals surface area contributed by atoms with Gasteiger partial charge in [0, 0.05) is 30.1 Å². The zero-order valence-corrected chi connectivity index (χ0v) is 13.2. The average Bonchev–Trinajstić information content (AvgIpc) is 2.44. The van der Waals surface area contributed by atoms with Gasteiger partial charge in [-0.15, -0.1) is 11.6 Å². The van der Waals surface area contributed by atoms with Crippen molar-refractivity contribution in [1.29, 1.82) is 0 Å². The molecule has 0 fully saturated rings. The first-order chi connectivity index (χ1) is 9.99. The van der Waals surface area contributed by atoms with Crippen molar-refractivity contribution in [2.45, 2.75) is 33.1 Å². The number of non-ortho nitro benzene ring substituents is 1. The molecule has 1 aromatic carbocycles. The van der Waals surface area contributed by atoms with Crippen molar-refractivity contribution < 1.29 is 9.72 Å². The summed E-state index contributed by atoms with van der Waals surface area (Å²) in [5.74, 6) is 0.754. The molecule has 21 heavy (non-hydrogen) atoms. The summed E-state index contributed by atoms with van der Waals surface area (Å²) < 4.78 is 0. The number of nitrogens with zero attached hydrogens (tertiary/aromatic N) is 1. The van der Waals surface area contributed by atoms with Gasteiger partial charge in [0.15, 0.2) is 0 Å². The van der Waals surface area contributed by atoms with Crippen molar-refractivity contribution in [3.8, 4) is 0 Å².